The predicted molar refractivity (Wildman–Crippen MR) is 93.2 cm³/mol. The van der Waals surface area contributed by atoms with Gasteiger partial charge in [-0.25, -0.2) is 0 Å². The van der Waals surface area contributed by atoms with E-state index in [2.05, 4.69) is 4.98 Å². The van der Waals surface area contributed by atoms with Gasteiger partial charge in [0, 0.05) is 30.8 Å². The van der Waals surface area contributed by atoms with Crippen LogP contribution >= 0.6 is 0 Å². The summed E-state index contributed by atoms with van der Waals surface area (Å²) in [6.45, 7) is 1.38. The van der Waals surface area contributed by atoms with Crippen LogP contribution in [-0.4, -0.2) is 49.7 Å². The van der Waals surface area contributed by atoms with E-state index in [1.807, 2.05) is 23.1 Å². The van der Waals surface area contributed by atoms with E-state index in [4.69, 9.17) is 14.2 Å². The van der Waals surface area contributed by atoms with Crippen LogP contribution in [0.3, 0.4) is 0 Å². The van der Waals surface area contributed by atoms with Crippen LogP contribution in [0.4, 0.5) is 0 Å². The molecule has 0 spiro atoms. The van der Waals surface area contributed by atoms with E-state index in [9.17, 15) is 4.79 Å². The molecule has 6 heteroatoms. The highest BCUT2D eigenvalue weighted by Gasteiger charge is 2.30. The summed E-state index contributed by atoms with van der Waals surface area (Å²) < 4.78 is 16.4. The molecule has 1 atom stereocenters. The van der Waals surface area contributed by atoms with Crippen molar-refractivity contribution in [1.82, 2.24) is 9.88 Å². The van der Waals surface area contributed by atoms with Gasteiger partial charge in [-0.1, -0.05) is 12.1 Å². The molecule has 3 rings (SSSR count). The minimum atomic E-state index is -0.0202. The van der Waals surface area contributed by atoms with Gasteiger partial charge in [0.05, 0.1) is 20.4 Å². The summed E-state index contributed by atoms with van der Waals surface area (Å²) in [4.78, 5) is 18.2. The lowest BCUT2D eigenvalue weighted by molar-refractivity contribution is -0.132. The van der Waals surface area contributed by atoms with Crippen molar-refractivity contribution >= 4 is 5.91 Å². The quantitative estimate of drug-likeness (QED) is 0.807. The first-order chi connectivity index (χ1) is 12.2. The Balaban J connectivity index is 1.63. The summed E-state index contributed by atoms with van der Waals surface area (Å²) in [5, 5.41) is 0. The minimum Gasteiger partial charge on any atom is -0.493 e. The molecule has 1 aromatic heterocycles. The first kappa shape index (κ1) is 17.1. The third-order valence-corrected chi connectivity index (χ3v) is 4.41. The van der Waals surface area contributed by atoms with Gasteiger partial charge in [-0.3, -0.25) is 9.78 Å². The number of hydrogen-bond acceptors (Lipinski definition) is 5. The molecule has 0 aliphatic carbocycles. The first-order valence-corrected chi connectivity index (χ1v) is 8.24. The summed E-state index contributed by atoms with van der Waals surface area (Å²) >= 11 is 0. The fourth-order valence-electron chi connectivity index (χ4n) is 3.14. The Morgan fingerprint density at radius 2 is 2.12 bits per heavy atom. The van der Waals surface area contributed by atoms with Crippen molar-refractivity contribution < 1.29 is 19.0 Å². The normalized spacial score (nSPS) is 16.6. The zero-order valence-electron chi connectivity index (χ0n) is 14.5. The molecule has 2 aromatic rings. The Bertz CT molecular complexity index is 721. The number of likely N-dealkylation sites (tertiary alicyclic amines) is 1. The van der Waals surface area contributed by atoms with Gasteiger partial charge in [0.2, 0.25) is 0 Å². The van der Waals surface area contributed by atoms with Crippen LogP contribution in [0.25, 0.3) is 0 Å². The lowest BCUT2D eigenvalue weighted by Gasteiger charge is -2.19. The Hall–Kier alpha value is -2.76. The number of ether oxygens (including phenoxy) is 3. The Labute approximate surface area is 147 Å². The van der Waals surface area contributed by atoms with E-state index >= 15 is 0 Å². The largest absolute Gasteiger partial charge is 0.493 e. The number of rotatable bonds is 6. The highest BCUT2D eigenvalue weighted by Crippen LogP contribution is 2.39. The maximum atomic E-state index is 12.4. The summed E-state index contributed by atoms with van der Waals surface area (Å²) in [7, 11) is 3.27. The highest BCUT2D eigenvalue weighted by atomic mass is 16.5. The average molecular weight is 342 g/mol. The summed E-state index contributed by atoms with van der Waals surface area (Å²) in [5.41, 5.74) is 1.07. The van der Waals surface area contributed by atoms with Crippen molar-refractivity contribution in [3.8, 4) is 17.2 Å². The number of para-hydroxylation sites is 1. The lowest BCUT2D eigenvalue weighted by Crippen LogP contribution is -2.32. The highest BCUT2D eigenvalue weighted by molar-refractivity contribution is 5.78. The zero-order valence-corrected chi connectivity index (χ0v) is 14.5. The van der Waals surface area contributed by atoms with E-state index in [1.54, 1.807) is 38.7 Å². The summed E-state index contributed by atoms with van der Waals surface area (Å²) in [5.74, 6) is 2.27. The molecule has 0 radical (unpaired) electrons. The van der Waals surface area contributed by atoms with Crippen molar-refractivity contribution in [2.75, 3.05) is 33.9 Å². The molecule has 1 aliphatic heterocycles. The molecule has 25 heavy (non-hydrogen) atoms. The Morgan fingerprint density at radius 1 is 1.24 bits per heavy atom. The number of nitrogens with zero attached hydrogens (tertiary/aromatic N) is 2. The Kier molecular flexibility index (Phi) is 5.38. The Morgan fingerprint density at radius 3 is 2.84 bits per heavy atom. The smallest absolute Gasteiger partial charge is 0.260 e. The van der Waals surface area contributed by atoms with Crippen molar-refractivity contribution in [2.24, 2.45) is 0 Å². The first-order valence-electron chi connectivity index (χ1n) is 8.24. The van der Waals surface area contributed by atoms with Gasteiger partial charge in [-0.05, 0) is 24.6 Å². The molecule has 1 amide bonds. The molecule has 0 bridgehead atoms. The van der Waals surface area contributed by atoms with E-state index in [1.165, 1.54) is 0 Å². The summed E-state index contributed by atoms with van der Waals surface area (Å²) in [6, 6.07) is 9.43. The fraction of sp³-hybridized carbons (Fsp3) is 0.368. The minimum absolute atomic E-state index is 0.0202. The number of hydrogen-bond donors (Lipinski definition) is 0. The third-order valence-electron chi connectivity index (χ3n) is 4.41. The average Bonchev–Trinajstić information content (AvgIpc) is 3.16. The predicted octanol–water partition coefficient (Wildman–Crippen LogP) is 2.49. The molecule has 0 saturated carbocycles. The lowest BCUT2D eigenvalue weighted by atomic mass is 9.97. The van der Waals surface area contributed by atoms with E-state index in [-0.39, 0.29) is 18.4 Å². The van der Waals surface area contributed by atoms with Crippen molar-refractivity contribution in [3.05, 3.63) is 48.3 Å². The molecule has 1 aliphatic rings. The van der Waals surface area contributed by atoms with Crippen LogP contribution in [0.1, 0.15) is 17.9 Å². The molecule has 1 unspecified atom stereocenters. The molecule has 0 N–H and O–H groups in total. The summed E-state index contributed by atoms with van der Waals surface area (Å²) in [6.07, 6.45) is 4.16. The fourth-order valence-corrected chi connectivity index (χ4v) is 3.14. The van der Waals surface area contributed by atoms with E-state index in [0.717, 1.165) is 17.7 Å². The van der Waals surface area contributed by atoms with Crippen LogP contribution in [-0.2, 0) is 4.79 Å². The van der Waals surface area contributed by atoms with Gasteiger partial charge in [-0.2, -0.15) is 0 Å². The van der Waals surface area contributed by atoms with E-state index in [0.29, 0.717) is 24.6 Å². The van der Waals surface area contributed by atoms with Crippen molar-refractivity contribution in [1.29, 1.82) is 0 Å². The van der Waals surface area contributed by atoms with Crippen LogP contribution in [0.5, 0.6) is 17.2 Å². The van der Waals surface area contributed by atoms with Gasteiger partial charge >= 0.3 is 0 Å². The molecule has 6 nitrogen and oxygen atoms in total. The molecular formula is C19H22N2O4. The number of methoxy groups -OCH3 is 2. The van der Waals surface area contributed by atoms with Gasteiger partial charge in [-0.15, -0.1) is 0 Å². The number of aromatic nitrogens is 1. The van der Waals surface area contributed by atoms with Crippen molar-refractivity contribution in [2.45, 2.75) is 12.3 Å². The molecule has 2 heterocycles. The molecule has 1 aromatic carbocycles. The van der Waals surface area contributed by atoms with Crippen LogP contribution in [0.2, 0.25) is 0 Å². The number of carbonyl (C=O) groups is 1. The van der Waals surface area contributed by atoms with Crippen LogP contribution < -0.4 is 14.2 Å². The second kappa shape index (κ2) is 7.88. The molecule has 1 fully saturated rings. The number of carbonyl (C=O) groups excluding carboxylic acids is 1. The second-order valence-electron chi connectivity index (χ2n) is 5.89. The standard InChI is InChI=1S/C19H22N2O4/c1-23-17-7-3-6-16(19(17)24-2)14-8-10-21(12-14)18(22)13-25-15-5-4-9-20-11-15/h3-7,9,11,14H,8,10,12-13H2,1-2H3. The van der Waals surface area contributed by atoms with Gasteiger partial charge in [0.15, 0.2) is 18.1 Å². The number of amides is 1. The van der Waals surface area contributed by atoms with Gasteiger partial charge < -0.3 is 19.1 Å². The van der Waals surface area contributed by atoms with Crippen LogP contribution in [0, 0.1) is 0 Å². The zero-order chi connectivity index (χ0) is 17.6. The second-order valence-corrected chi connectivity index (χ2v) is 5.89. The number of benzene rings is 1. The maximum absolute atomic E-state index is 12.4. The SMILES string of the molecule is COc1cccc(C2CCN(C(=O)COc3cccnc3)C2)c1OC. The third kappa shape index (κ3) is 3.84. The van der Waals surface area contributed by atoms with E-state index < -0.39 is 0 Å². The van der Waals surface area contributed by atoms with Crippen molar-refractivity contribution in [3.63, 3.8) is 0 Å². The molecular weight excluding hydrogens is 320 g/mol. The van der Waals surface area contributed by atoms with Gasteiger partial charge in [0.1, 0.15) is 5.75 Å². The number of pyridine rings is 1. The molecule has 132 valence electrons. The molecule has 1 saturated heterocycles. The van der Waals surface area contributed by atoms with Gasteiger partial charge in [0.25, 0.3) is 5.91 Å². The van der Waals surface area contributed by atoms with Crippen LogP contribution in [0.15, 0.2) is 42.7 Å². The maximum Gasteiger partial charge on any atom is 0.260 e. The monoisotopic (exact) mass is 342 g/mol. The topological polar surface area (TPSA) is 60.9 Å².